The first kappa shape index (κ1) is 19.2. The van der Waals surface area contributed by atoms with E-state index >= 15 is 0 Å². The number of fused-ring (bicyclic) bond motifs is 1. The molecule has 1 aromatic carbocycles. The molecule has 1 saturated heterocycles. The van der Waals surface area contributed by atoms with Gasteiger partial charge in [0.1, 0.15) is 11.4 Å². The number of aliphatic hydroxyl groups excluding tert-OH is 1. The van der Waals surface area contributed by atoms with Crippen LogP contribution < -0.4 is 4.74 Å². The quantitative estimate of drug-likeness (QED) is 0.909. The summed E-state index contributed by atoms with van der Waals surface area (Å²) in [4.78, 5) is 14.0. The van der Waals surface area contributed by atoms with Gasteiger partial charge in [-0.05, 0) is 38.5 Å². The van der Waals surface area contributed by atoms with Gasteiger partial charge in [-0.1, -0.05) is 0 Å². The summed E-state index contributed by atoms with van der Waals surface area (Å²) in [5.41, 5.74) is 1.29. The molecule has 0 aromatic heterocycles. The number of ether oxygens (including phenoxy) is 2. The summed E-state index contributed by atoms with van der Waals surface area (Å²) >= 11 is 0. The summed E-state index contributed by atoms with van der Waals surface area (Å²) in [6.45, 7) is 5.45. The van der Waals surface area contributed by atoms with Gasteiger partial charge in [0.05, 0.1) is 30.9 Å². The van der Waals surface area contributed by atoms with Gasteiger partial charge in [0.2, 0.25) is 5.91 Å². The Morgan fingerprint density at radius 1 is 1.48 bits per heavy atom. The molecule has 1 unspecified atom stereocenters. The molecule has 136 valence electrons. The topological polar surface area (TPSA) is 82.8 Å². The molecule has 2 aliphatic heterocycles. The van der Waals surface area contributed by atoms with Crippen LogP contribution in [0.25, 0.3) is 0 Å². The van der Waals surface area contributed by atoms with Crippen LogP contribution in [0.1, 0.15) is 50.3 Å². The molecular formula is C19H26N2O4. The molecule has 6 nitrogen and oxygen atoms in total. The number of amides is 1. The molecule has 3 rings (SSSR count). The van der Waals surface area contributed by atoms with E-state index in [1.165, 1.54) is 0 Å². The Kier molecular flexibility index (Phi) is 6.40. The van der Waals surface area contributed by atoms with Crippen LogP contribution in [0.3, 0.4) is 0 Å². The predicted molar refractivity (Wildman–Crippen MR) is 93.1 cm³/mol. The SMILES string of the molecule is CC1(C)CC(N2CCCC2=O)c2cc(C#N)ccc2O1.COCCO. The largest absolute Gasteiger partial charge is 0.487 e. The number of rotatable bonds is 3. The third-order valence-electron chi connectivity index (χ3n) is 4.35. The fourth-order valence-electron chi connectivity index (χ4n) is 3.25. The number of benzene rings is 1. The number of methoxy groups -OCH3 is 1. The number of likely N-dealkylation sites (tertiary alicyclic amines) is 1. The van der Waals surface area contributed by atoms with E-state index in [1.807, 2.05) is 30.9 Å². The molecule has 1 N–H and O–H groups in total. The Bertz CT molecular complexity index is 649. The van der Waals surface area contributed by atoms with E-state index in [0.29, 0.717) is 18.6 Å². The molecule has 0 spiro atoms. The minimum absolute atomic E-state index is 0.0250. The van der Waals surface area contributed by atoms with Gasteiger partial charge in [0, 0.05) is 32.1 Å². The molecule has 25 heavy (non-hydrogen) atoms. The number of hydrogen-bond acceptors (Lipinski definition) is 5. The van der Waals surface area contributed by atoms with E-state index < -0.39 is 0 Å². The second kappa shape index (κ2) is 8.32. The highest BCUT2D eigenvalue weighted by atomic mass is 16.5. The highest BCUT2D eigenvalue weighted by Gasteiger charge is 2.39. The van der Waals surface area contributed by atoms with Crippen LogP contribution in [0, 0.1) is 11.3 Å². The summed E-state index contributed by atoms with van der Waals surface area (Å²) < 4.78 is 10.4. The molecule has 6 heteroatoms. The van der Waals surface area contributed by atoms with Crippen LogP contribution in [-0.2, 0) is 9.53 Å². The number of hydrogen-bond donors (Lipinski definition) is 1. The fraction of sp³-hybridized carbons (Fsp3) is 0.579. The van der Waals surface area contributed by atoms with Gasteiger partial charge in [-0.3, -0.25) is 4.79 Å². The molecule has 1 amide bonds. The number of nitrogens with zero attached hydrogens (tertiary/aromatic N) is 2. The van der Waals surface area contributed by atoms with Crippen LogP contribution in [-0.4, -0.2) is 48.4 Å². The third kappa shape index (κ3) is 4.71. The number of carbonyl (C=O) groups is 1. The minimum atomic E-state index is -0.297. The van der Waals surface area contributed by atoms with E-state index in [2.05, 4.69) is 10.8 Å². The van der Waals surface area contributed by atoms with Crippen LogP contribution in [0.4, 0.5) is 0 Å². The zero-order valence-corrected chi connectivity index (χ0v) is 15.1. The highest BCUT2D eigenvalue weighted by molar-refractivity contribution is 5.78. The van der Waals surface area contributed by atoms with Crippen molar-refractivity contribution in [3.8, 4) is 11.8 Å². The van der Waals surface area contributed by atoms with Gasteiger partial charge < -0.3 is 19.5 Å². The summed E-state index contributed by atoms with van der Waals surface area (Å²) in [5, 5.41) is 17.0. The van der Waals surface area contributed by atoms with Gasteiger partial charge in [-0.15, -0.1) is 0 Å². The zero-order valence-electron chi connectivity index (χ0n) is 15.1. The van der Waals surface area contributed by atoms with Gasteiger partial charge in [0.25, 0.3) is 0 Å². The second-order valence-corrected chi connectivity index (χ2v) is 6.85. The van der Waals surface area contributed by atoms with Crippen molar-refractivity contribution in [3.63, 3.8) is 0 Å². The first-order valence-electron chi connectivity index (χ1n) is 8.54. The minimum Gasteiger partial charge on any atom is -0.487 e. The summed E-state index contributed by atoms with van der Waals surface area (Å²) in [6, 6.07) is 7.66. The van der Waals surface area contributed by atoms with Crippen LogP contribution >= 0.6 is 0 Å². The summed E-state index contributed by atoms with van der Waals surface area (Å²) in [7, 11) is 1.55. The lowest BCUT2D eigenvalue weighted by Crippen LogP contribution is -2.42. The van der Waals surface area contributed by atoms with Crippen molar-refractivity contribution < 1.29 is 19.4 Å². The molecule has 0 aliphatic carbocycles. The first-order valence-corrected chi connectivity index (χ1v) is 8.54. The van der Waals surface area contributed by atoms with Crippen molar-refractivity contribution in [2.45, 2.75) is 44.8 Å². The molecule has 0 saturated carbocycles. The van der Waals surface area contributed by atoms with Crippen molar-refractivity contribution in [3.05, 3.63) is 29.3 Å². The van der Waals surface area contributed by atoms with E-state index in [-0.39, 0.29) is 24.2 Å². The third-order valence-corrected chi connectivity index (χ3v) is 4.35. The maximum absolute atomic E-state index is 12.1. The van der Waals surface area contributed by atoms with Crippen LogP contribution in [0.2, 0.25) is 0 Å². The average molecular weight is 346 g/mol. The van der Waals surface area contributed by atoms with Crippen molar-refractivity contribution in [1.29, 1.82) is 5.26 Å². The van der Waals surface area contributed by atoms with Gasteiger partial charge in [-0.2, -0.15) is 5.26 Å². The Balaban J connectivity index is 0.000000399. The second-order valence-electron chi connectivity index (χ2n) is 6.85. The van der Waals surface area contributed by atoms with Gasteiger partial charge >= 0.3 is 0 Å². The highest BCUT2D eigenvalue weighted by Crippen LogP contribution is 2.44. The Hall–Kier alpha value is -2.10. The summed E-state index contributed by atoms with van der Waals surface area (Å²) in [6.07, 6.45) is 2.32. The van der Waals surface area contributed by atoms with Crippen molar-refractivity contribution >= 4 is 5.91 Å². The van der Waals surface area contributed by atoms with Crippen LogP contribution in [0.15, 0.2) is 18.2 Å². The van der Waals surface area contributed by atoms with Gasteiger partial charge in [-0.25, -0.2) is 0 Å². The van der Waals surface area contributed by atoms with E-state index in [0.717, 1.165) is 30.7 Å². The Morgan fingerprint density at radius 3 is 2.76 bits per heavy atom. The molecule has 0 radical (unpaired) electrons. The molecule has 2 heterocycles. The van der Waals surface area contributed by atoms with Crippen molar-refractivity contribution in [2.24, 2.45) is 0 Å². The molecular weight excluding hydrogens is 320 g/mol. The lowest BCUT2D eigenvalue weighted by atomic mass is 9.88. The predicted octanol–water partition coefficient (Wildman–Crippen LogP) is 2.41. The van der Waals surface area contributed by atoms with Gasteiger partial charge in [0.15, 0.2) is 0 Å². The lowest BCUT2D eigenvalue weighted by molar-refractivity contribution is -0.131. The Morgan fingerprint density at radius 2 is 2.24 bits per heavy atom. The number of aliphatic hydroxyl groups is 1. The molecule has 1 aromatic rings. The van der Waals surface area contributed by atoms with E-state index in [4.69, 9.17) is 15.1 Å². The van der Waals surface area contributed by atoms with Crippen molar-refractivity contribution in [1.82, 2.24) is 4.90 Å². The van der Waals surface area contributed by atoms with E-state index in [9.17, 15) is 4.79 Å². The normalized spacial score (nSPS) is 20.8. The zero-order chi connectivity index (χ0) is 18.4. The smallest absolute Gasteiger partial charge is 0.223 e. The van der Waals surface area contributed by atoms with Crippen molar-refractivity contribution in [2.75, 3.05) is 26.9 Å². The fourth-order valence-corrected chi connectivity index (χ4v) is 3.25. The standard InChI is InChI=1S/C16H18N2O2.C3H8O2/c1-16(2)9-13(18-7-3-4-15(18)19)12-8-11(10-17)5-6-14(12)20-16;1-5-3-2-4/h5-6,8,13H,3-4,7,9H2,1-2H3;4H,2-3H2,1H3. The molecule has 0 bridgehead atoms. The lowest BCUT2D eigenvalue weighted by Gasteiger charge is -2.41. The molecule has 2 aliphatic rings. The number of nitriles is 1. The monoisotopic (exact) mass is 346 g/mol. The Labute approximate surface area is 149 Å². The molecule has 1 atom stereocenters. The van der Waals surface area contributed by atoms with Crippen LogP contribution in [0.5, 0.6) is 5.75 Å². The maximum Gasteiger partial charge on any atom is 0.223 e. The average Bonchev–Trinajstić information content (AvgIpc) is 3.00. The maximum atomic E-state index is 12.1. The molecule has 1 fully saturated rings. The van der Waals surface area contributed by atoms with E-state index in [1.54, 1.807) is 13.2 Å². The summed E-state index contributed by atoms with van der Waals surface area (Å²) in [5.74, 6) is 1.01. The first-order chi connectivity index (χ1) is 11.9. The number of carbonyl (C=O) groups excluding carboxylic acids is 1.